The first-order chi connectivity index (χ1) is 13.8. The lowest BCUT2D eigenvalue weighted by Crippen LogP contribution is -2.39. The number of amides is 1. The highest BCUT2D eigenvalue weighted by molar-refractivity contribution is 5.79. The molecule has 3 heterocycles. The molecule has 0 aromatic carbocycles. The summed E-state index contributed by atoms with van der Waals surface area (Å²) in [5.74, 6) is -2.41. The summed E-state index contributed by atoms with van der Waals surface area (Å²) in [6.45, 7) is 3.41. The molecule has 2 aromatic rings. The van der Waals surface area contributed by atoms with Crippen molar-refractivity contribution in [2.45, 2.75) is 70.3 Å². The highest BCUT2D eigenvalue weighted by Crippen LogP contribution is 2.38. The molecule has 1 saturated carbocycles. The Kier molecular flexibility index (Phi) is 5.40. The van der Waals surface area contributed by atoms with E-state index >= 15 is 0 Å². The fraction of sp³-hybridized carbons (Fsp3) is 0.700. The van der Waals surface area contributed by atoms with Crippen molar-refractivity contribution in [3.05, 3.63) is 22.4 Å². The molecule has 0 unspecified atom stereocenters. The zero-order valence-corrected chi connectivity index (χ0v) is 16.7. The molecule has 9 heteroatoms. The van der Waals surface area contributed by atoms with Crippen LogP contribution in [0.4, 0.5) is 8.78 Å². The predicted octanol–water partition coefficient (Wildman–Crippen LogP) is 3.06. The van der Waals surface area contributed by atoms with Crippen LogP contribution in [0.1, 0.15) is 63.7 Å². The first-order valence-electron chi connectivity index (χ1n) is 10.5. The van der Waals surface area contributed by atoms with E-state index in [1.807, 2.05) is 11.8 Å². The lowest BCUT2D eigenvalue weighted by atomic mass is 9.92. The predicted molar refractivity (Wildman–Crippen MR) is 104 cm³/mol. The second-order valence-corrected chi connectivity index (χ2v) is 8.42. The van der Waals surface area contributed by atoms with Gasteiger partial charge in [-0.25, -0.2) is 18.4 Å². The number of nitrogens with one attached hydrogen (secondary N) is 1. The van der Waals surface area contributed by atoms with Gasteiger partial charge in [0.05, 0.1) is 12.2 Å². The smallest absolute Gasteiger partial charge is 0.262 e. The van der Waals surface area contributed by atoms with Gasteiger partial charge in [-0.15, -0.1) is 0 Å². The summed E-state index contributed by atoms with van der Waals surface area (Å²) in [7, 11) is 0. The summed E-state index contributed by atoms with van der Waals surface area (Å²) in [6.07, 6.45) is 5.22. The molecule has 1 saturated heterocycles. The maximum atomic E-state index is 13.5. The number of aromatic amines is 1. The van der Waals surface area contributed by atoms with E-state index < -0.39 is 5.92 Å². The lowest BCUT2D eigenvalue weighted by molar-refractivity contribution is -0.135. The molecule has 7 nitrogen and oxygen atoms in total. The Hall–Kier alpha value is -2.32. The summed E-state index contributed by atoms with van der Waals surface area (Å²) >= 11 is 0. The van der Waals surface area contributed by atoms with Crippen LogP contribution in [0, 0.1) is 5.92 Å². The van der Waals surface area contributed by atoms with Crippen molar-refractivity contribution in [2.75, 3.05) is 13.1 Å². The van der Waals surface area contributed by atoms with Crippen LogP contribution in [0.25, 0.3) is 11.0 Å². The molecule has 2 fully saturated rings. The van der Waals surface area contributed by atoms with Gasteiger partial charge in [-0.3, -0.25) is 9.59 Å². The van der Waals surface area contributed by atoms with Gasteiger partial charge in [0.1, 0.15) is 11.2 Å². The van der Waals surface area contributed by atoms with Gasteiger partial charge in [0.25, 0.3) is 5.56 Å². The van der Waals surface area contributed by atoms with Crippen LogP contribution < -0.4 is 5.56 Å². The molecular formula is C20H27F2N5O2. The third-order valence-electron chi connectivity index (χ3n) is 6.13. The number of halogens is 2. The second kappa shape index (κ2) is 7.84. The summed E-state index contributed by atoms with van der Waals surface area (Å²) in [6, 6.07) is -0.193. The Balaban J connectivity index is 1.54. The SMILES string of the molecule is C[C@H](Cc1nc2c(cnn2C2CCC(F)(F)CC2)c(=O)[nH]1)C(=O)N1CCCCC1. The van der Waals surface area contributed by atoms with Crippen molar-refractivity contribution in [3.63, 3.8) is 0 Å². The third-order valence-corrected chi connectivity index (χ3v) is 6.13. The summed E-state index contributed by atoms with van der Waals surface area (Å²) in [5, 5.41) is 4.62. The van der Waals surface area contributed by atoms with Crippen LogP contribution in [0.15, 0.2) is 11.0 Å². The monoisotopic (exact) mass is 407 g/mol. The zero-order valence-electron chi connectivity index (χ0n) is 16.7. The highest BCUT2D eigenvalue weighted by Gasteiger charge is 2.36. The number of piperidine rings is 1. The average molecular weight is 407 g/mol. The Labute approximate surface area is 167 Å². The van der Waals surface area contributed by atoms with Crippen LogP contribution in [0.2, 0.25) is 0 Å². The van der Waals surface area contributed by atoms with E-state index in [4.69, 9.17) is 0 Å². The number of alkyl halides is 2. The number of nitrogens with zero attached hydrogens (tertiary/aromatic N) is 4. The van der Waals surface area contributed by atoms with Gasteiger partial charge >= 0.3 is 0 Å². The molecule has 0 radical (unpaired) electrons. The first kappa shape index (κ1) is 20.0. The van der Waals surface area contributed by atoms with Crippen molar-refractivity contribution in [1.82, 2.24) is 24.6 Å². The minimum absolute atomic E-state index is 0.0791. The quantitative estimate of drug-likeness (QED) is 0.844. The van der Waals surface area contributed by atoms with Crippen LogP contribution in [0.3, 0.4) is 0 Å². The zero-order chi connectivity index (χ0) is 20.6. The Bertz CT molecular complexity index is 938. The Morgan fingerprint density at radius 2 is 1.97 bits per heavy atom. The highest BCUT2D eigenvalue weighted by atomic mass is 19.3. The molecule has 1 aliphatic carbocycles. The number of carbonyl (C=O) groups excluding carboxylic acids is 1. The van der Waals surface area contributed by atoms with E-state index in [0.29, 0.717) is 36.1 Å². The number of carbonyl (C=O) groups is 1. The molecular weight excluding hydrogens is 380 g/mol. The number of fused-ring (bicyclic) bond motifs is 1. The molecule has 2 aromatic heterocycles. The van der Waals surface area contributed by atoms with Gasteiger partial charge in [-0.2, -0.15) is 5.10 Å². The van der Waals surface area contributed by atoms with Crippen molar-refractivity contribution in [1.29, 1.82) is 0 Å². The van der Waals surface area contributed by atoms with Gasteiger partial charge < -0.3 is 9.88 Å². The van der Waals surface area contributed by atoms with E-state index in [2.05, 4.69) is 15.1 Å². The number of likely N-dealkylation sites (tertiary alicyclic amines) is 1. The van der Waals surface area contributed by atoms with Gasteiger partial charge in [0.15, 0.2) is 5.65 Å². The van der Waals surface area contributed by atoms with Crippen molar-refractivity contribution in [3.8, 4) is 0 Å². The largest absolute Gasteiger partial charge is 0.342 e. The fourth-order valence-corrected chi connectivity index (χ4v) is 4.42. The molecule has 0 bridgehead atoms. The average Bonchev–Trinajstić information content (AvgIpc) is 3.12. The fourth-order valence-electron chi connectivity index (χ4n) is 4.42. The van der Waals surface area contributed by atoms with Crippen LogP contribution in [0.5, 0.6) is 0 Å². The molecule has 4 rings (SSSR count). The van der Waals surface area contributed by atoms with Crippen molar-refractivity contribution < 1.29 is 13.6 Å². The topological polar surface area (TPSA) is 83.9 Å². The van der Waals surface area contributed by atoms with Gasteiger partial charge in [-0.05, 0) is 32.1 Å². The normalized spacial score (nSPS) is 21.4. The van der Waals surface area contributed by atoms with Crippen molar-refractivity contribution in [2.24, 2.45) is 5.92 Å². The third kappa shape index (κ3) is 4.18. The summed E-state index contributed by atoms with van der Waals surface area (Å²) < 4.78 is 28.6. The molecule has 1 aliphatic heterocycles. The molecule has 29 heavy (non-hydrogen) atoms. The summed E-state index contributed by atoms with van der Waals surface area (Å²) in [5.41, 5.74) is 0.103. The van der Waals surface area contributed by atoms with Crippen LogP contribution >= 0.6 is 0 Å². The van der Waals surface area contributed by atoms with E-state index in [-0.39, 0.29) is 36.3 Å². The molecule has 2 aliphatic rings. The summed E-state index contributed by atoms with van der Waals surface area (Å²) in [4.78, 5) is 34.4. The van der Waals surface area contributed by atoms with Crippen LogP contribution in [-0.4, -0.2) is 49.6 Å². The number of hydrogen-bond donors (Lipinski definition) is 1. The standard InChI is InChI=1S/C20H27F2N5O2/c1-13(19(29)26-9-3-2-4-10-26)11-16-24-17-15(18(28)25-16)12-23-27(17)14-5-7-20(21,22)8-6-14/h12-14H,2-11H2,1H3,(H,24,25,28)/t13-/m1/s1. The minimum atomic E-state index is -2.63. The molecule has 1 N–H and O–H groups in total. The van der Waals surface area contributed by atoms with Crippen LogP contribution in [-0.2, 0) is 11.2 Å². The van der Waals surface area contributed by atoms with E-state index in [9.17, 15) is 18.4 Å². The number of H-pyrrole nitrogens is 1. The molecule has 1 atom stereocenters. The molecule has 1 amide bonds. The van der Waals surface area contributed by atoms with Gasteiger partial charge in [0.2, 0.25) is 11.8 Å². The van der Waals surface area contributed by atoms with E-state index in [0.717, 1.165) is 32.4 Å². The number of rotatable bonds is 4. The first-order valence-corrected chi connectivity index (χ1v) is 10.5. The van der Waals surface area contributed by atoms with E-state index in [1.165, 1.54) is 6.20 Å². The van der Waals surface area contributed by atoms with Gasteiger partial charge in [0, 0.05) is 38.3 Å². The van der Waals surface area contributed by atoms with E-state index in [1.54, 1.807) is 4.68 Å². The molecule has 158 valence electrons. The maximum Gasteiger partial charge on any atom is 0.262 e. The molecule has 0 spiro atoms. The maximum absolute atomic E-state index is 13.5. The van der Waals surface area contributed by atoms with Crippen molar-refractivity contribution >= 4 is 16.9 Å². The lowest BCUT2D eigenvalue weighted by Gasteiger charge is -2.29. The Morgan fingerprint density at radius 3 is 2.66 bits per heavy atom. The number of hydrogen-bond acceptors (Lipinski definition) is 4. The van der Waals surface area contributed by atoms with Gasteiger partial charge in [-0.1, -0.05) is 6.92 Å². The number of aromatic nitrogens is 4. The Morgan fingerprint density at radius 1 is 1.28 bits per heavy atom. The second-order valence-electron chi connectivity index (χ2n) is 8.42. The minimum Gasteiger partial charge on any atom is -0.342 e.